The topological polar surface area (TPSA) is 213 Å². The van der Waals surface area contributed by atoms with E-state index in [-0.39, 0.29) is 34.8 Å². The van der Waals surface area contributed by atoms with Crippen LogP contribution in [-0.4, -0.2) is 90.9 Å². The van der Waals surface area contributed by atoms with Gasteiger partial charge in [0, 0.05) is 12.1 Å². The lowest BCUT2D eigenvalue weighted by atomic mass is 9.92. The first-order chi connectivity index (χ1) is 20.0. The highest BCUT2D eigenvalue weighted by atomic mass is 16.7. The lowest BCUT2D eigenvalue weighted by Gasteiger charge is -2.40. The Hall–Kier alpha value is -4.40. The summed E-state index contributed by atoms with van der Waals surface area (Å²) in [5.41, 5.74) is 0.508. The van der Waals surface area contributed by atoms with Gasteiger partial charge in [0.2, 0.25) is 12.1 Å². The monoisotopic (exact) mass is 584 g/mol. The minimum Gasteiger partial charge on any atom is -0.508 e. The molecule has 3 aromatic carbocycles. The maximum atomic E-state index is 12.8. The number of Topliss-reactive ketones (excluding diaryl/α,β-unsaturated/α-hetero) is 1. The molecule has 0 bridgehead atoms. The number of hydrogen-bond donors (Lipinski definition) is 7. The summed E-state index contributed by atoms with van der Waals surface area (Å²) in [6.07, 6.45) is -11.4. The van der Waals surface area contributed by atoms with Gasteiger partial charge in [-0.2, -0.15) is 0 Å². The Morgan fingerprint density at radius 2 is 1.60 bits per heavy atom. The van der Waals surface area contributed by atoms with Crippen LogP contribution in [0.3, 0.4) is 0 Å². The molecule has 2 aliphatic heterocycles. The van der Waals surface area contributed by atoms with Crippen molar-refractivity contribution in [2.24, 2.45) is 0 Å². The van der Waals surface area contributed by atoms with E-state index in [1.165, 1.54) is 12.1 Å². The molecule has 2 heterocycles. The van der Waals surface area contributed by atoms with Crippen LogP contribution in [-0.2, 0) is 20.7 Å². The Kier molecular flexibility index (Phi) is 8.20. The lowest BCUT2D eigenvalue weighted by Crippen LogP contribution is -2.60. The molecule has 13 heteroatoms. The van der Waals surface area contributed by atoms with Crippen LogP contribution in [0.5, 0.6) is 28.7 Å². The second kappa shape index (κ2) is 11.8. The van der Waals surface area contributed by atoms with Gasteiger partial charge in [0.15, 0.2) is 23.7 Å². The number of carbonyl (C=O) groups excluding carboxylic acids is 2. The number of carbonyl (C=O) groups is 2. The number of ether oxygens (including phenoxy) is 4. The van der Waals surface area contributed by atoms with E-state index in [4.69, 9.17) is 18.9 Å². The van der Waals surface area contributed by atoms with Crippen LogP contribution in [0.2, 0.25) is 0 Å². The molecule has 0 unspecified atom stereocenters. The van der Waals surface area contributed by atoms with Crippen LogP contribution < -0.4 is 9.47 Å². The number of aromatic hydroxyl groups is 3. The molecule has 0 amide bonds. The zero-order valence-electron chi connectivity index (χ0n) is 21.8. The minimum absolute atomic E-state index is 0.0449. The number of fused-ring (bicyclic) bond motifs is 1. The number of aliphatic hydroxyl groups is 4. The van der Waals surface area contributed by atoms with E-state index in [0.29, 0.717) is 5.56 Å². The van der Waals surface area contributed by atoms with Crippen LogP contribution in [0.1, 0.15) is 27.6 Å². The Labute approximate surface area is 238 Å². The van der Waals surface area contributed by atoms with Crippen molar-refractivity contribution in [2.45, 2.75) is 49.3 Å². The van der Waals surface area contributed by atoms with E-state index in [1.807, 2.05) is 0 Å². The number of phenols is 3. The van der Waals surface area contributed by atoms with Gasteiger partial charge in [0.1, 0.15) is 53.8 Å². The summed E-state index contributed by atoms with van der Waals surface area (Å²) in [6, 6.07) is 14.5. The van der Waals surface area contributed by atoms with Gasteiger partial charge in [-0.1, -0.05) is 36.4 Å². The molecule has 42 heavy (non-hydrogen) atoms. The van der Waals surface area contributed by atoms with E-state index in [9.17, 15) is 45.3 Å². The summed E-state index contributed by atoms with van der Waals surface area (Å²) in [5.74, 6) is -3.40. The van der Waals surface area contributed by atoms with E-state index in [2.05, 4.69) is 0 Å². The zero-order chi connectivity index (χ0) is 30.1. The predicted octanol–water partition coefficient (Wildman–Crippen LogP) is 0.453. The van der Waals surface area contributed by atoms with Crippen molar-refractivity contribution in [3.63, 3.8) is 0 Å². The standard InChI is InChI=1S/C29H28O13/c30-15-10-17(32)22-19(11-15)40-28(26(37)24(22)35)14-6-7-16(31)18(9-14)41-29-27(38)25(36)23(34)20(42-29)12-39-21(33)8-13-4-2-1-3-5-13/h1-7,9-11,20,23,25-32,34,36-38H,8,12H2/t20-,23-,25+,26+,27-,28-,29-/m1/s1. The average molecular weight is 585 g/mol. The molecule has 2 aliphatic rings. The van der Waals surface area contributed by atoms with Crippen LogP contribution in [0.25, 0.3) is 0 Å². The number of phenolic OH excluding ortho intramolecular Hbond substituents is 3. The molecule has 222 valence electrons. The van der Waals surface area contributed by atoms with Crippen LogP contribution in [0.15, 0.2) is 60.7 Å². The lowest BCUT2D eigenvalue weighted by molar-refractivity contribution is -0.278. The zero-order valence-corrected chi connectivity index (χ0v) is 21.8. The van der Waals surface area contributed by atoms with Gasteiger partial charge < -0.3 is 54.7 Å². The molecular formula is C29H28O13. The summed E-state index contributed by atoms with van der Waals surface area (Å²) >= 11 is 0. The number of aliphatic hydroxyl groups excluding tert-OH is 4. The van der Waals surface area contributed by atoms with Crippen molar-refractivity contribution in [3.8, 4) is 28.7 Å². The molecule has 0 aliphatic carbocycles. The average Bonchev–Trinajstić information content (AvgIpc) is 2.96. The van der Waals surface area contributed by atoms with Crippen molar-refractivity contribution < 1.29 is 64.3 Å². The fourth-order valence-electron chi connectivity index (χ4n) is 4.73. The van der Waals surface area contributed by atoms with Crippen molar-refractivity contribution in [1.82, 2.24) is 0 Å². The normalized spacial score (nSPS) is 27.0. The van der Waals surface area contributed by atoms with Gasteiger partial charge in [-0.25, -0.2) is 0 Å². The molecule has 0 radical (unpaired) electrons. The summed E-state index contributed by atoms with van der Waals surface area (Å²) < 4.78 is 22.1. The predicted molar refractivity (Wildman–Crippen MR) is 140 cm³/mol. The Morgan fingerprint density at radius 1 is 0.857 bits per heavy atom. The van der Waals surface area contributed by atoms with Crippen LogP contribution in [0, 0.1) is 0 Å². The molecule has 5 rings (SSSR count). The largest absolute Gasteiger partial charge is 0.508 e. The first-order valence-electron chi connectivity index (χ1n) is 12.9. The second-order valence-electron chi connectivity index (χ2n) is 9.89. The maximum absolute atomic E-state index is 12.8. The van der Waals surface area contributed by atoms with E-state index in [1.54, 1.807) is 30.3 Å². The molecular weight excluding hydrogens is 556 g/mol. The minimum atomic E-state index is -1.80. The highest BCUT2D eigenvalue weighted by molar-refractivity contribution is 6.05. The first kappa shape index (κ1) is 29.1. The third-order valence-electron chi connectivity index (χ3n) is 6.95. The first-order valence-corrected chi connectivity index (χ1v) is 12.9. The summed E-state index contributed by atoms with van der Waals surface area (Å²) in [4.78, 5) is 25.0. The van der Waals surface area contributed by atoms with Gasteiger partial charge in [-0.15, -0.1) is 0 Å². The molecule has 1 fully saturated rings. The van der Waals surface area contributed by atoms with Crippen molar-refractivity contribution in [2.75, 3.05) is 6.61 Å². The van der Waals surface area contributed by atoms with Crippen LogP contribution >= 0.6 is 0 Å². The number of benzene rings is 3. The van der Waals surface area contributed by atoms with Gasteiger partial charge in [-0.3, -0.25) is 9.59 Å². The summed E-state index contributed by atoms with van der Waals surface area (Å²) in [7, 11) is 0. The molecule has 0 spiro atoms. The number of ketones is 1. The Morgan fingerprint density at radius 3 is 2.33 bits per heavy atom. The highest BCUT2D eigenvalue weighted by Crippen LogP contribution is 2.43. The Balaban J connectivity index is 1.31. The number of rotatable bonds is 7. The second-order valence-corrected chi connectivity index (χ2v) is 9.89. The number of hydrogen-bond acceptors (Lipinski definition) is 13. The van der Waals surface area contributed by atoms with Gasteiger partial charge in [0.25, 0.3) is 0 Å². The molecule has 1 saturated heterocycles. The SMILES string of the molecule is O=C(Cc1ccccc1)OC[C@H]1O[C@@H](Oc2cc([C@H]3Oc4cc(O)cc(O)c4C(=O)[C@@H]3O)ccc2O)[C@H](O)[C@@H](O)[C@@H]1O. The van der Waals surface area contributed by atoms with Gasteiger partial charge >= 0.3 is 5.97 Å². The van der Waals surface area contributed by atoms with E-state index in [0.717, 1.165) is 18.2 Å². The molecule has 0 aromatic heterocycles. The van der Waals surface area contributed by atoms with Gasteiger partial charge in [-0.05, 0) is 23.3 Å². The summed E-state index contributed by atoms with van der Waals surface area (Å²) in [5, 5.41) is 72.2. The number of esters is 1. The fourth-order valence-corrected chi connectivity index (χ4v) is 4.73. The molecule has 7 atom stereocenters. The van der Waals surface area contributed by atoms with Crippen LogP contribution in [0.4, 0.5) is 0 Å². The maximum Gasteiger partial charge on any atom is 0.310 e. The summed E-state index contributed by atoms with van der Waals surface area (Å²) in [6.45, 7) is -0.480. The van der Waals surface area contributed by atoms with Crippen molar-refractivity contribution in [3.05, 3.63) is 77.4 Å². The molecule has 7 N–H and O–H groups in total. The fraction of sp³-hybridized carbons (Fsp3) is 0.310. The van der Waals surface area contributed by atoms with E-state index < -0.39 is 72.8 Å². The smallest absolute Gasteiger partial charge is 0.310 e. The Bertz CT molecular complexity index is 1460. The molecule has 13 nitrogen and oxygen atoms in total. The van der Waals surface area contributed by atoms with E-state index >= 15 is 0 Å². The van der Waals surface area contributed by atoms with Gasteiger partial charge in [0.05, 0.1) is 6.42 Å². The highest BCUT2D eigenvalue weighted by Gasteiger charge is 2.46. The molecule has 3 aromatic rings. The quantitative estimate of drug-likeness (QED) is 0.188. The van der Waals surface area contributed by atoms with Crippen molar-refractivity contribution in [1.29, 1.82) is 0 Å². The third kappa shape index (κ3) is 5.82. The molecule has 0 saturated carbocycles. The van der Waals surface area contributed by atoms with Crippen molar-refractivity contribution >= 4 is 11.8 Å². The third-order valence-corrected chi connectivity index (χ3v) is 6.95.